The molecule has 0 aliphatic carbocycles. The fourth-order valence-corrected chi connectivity index (χ4v) is 3.83. The Labute approximate surface area is 111 Å². The van der Waals surface area contributed by atoms with E-state index in [1.165, 1.54) is 0 Å². The molecule has 0 aromatic carbocycles. The van der Waals surface area contributed by atoms with Crippen molar-refractivity contribution in [3.05, 3.63) is 0 Å². The molecule has 1 fully saturated rings. The smallest absolute Gasteiger partial charge is 0.215 e. The second-order valence-electron chi connectivity index (χ2n) is 4.84. The van der Waals surface area contributed by atoms with Crippen LogP contribution in [0.3, 0.4) is 0 Å². The van der Waals surface area contributed by atoms with E-state index in [1.807, 2.05) is 13.8 Å². The zero-order valence-corrected chi connectivity index (χ0v) is 12.5. The minimum atomic E-state index is -3.17. The van der Waals surface area contributed by atoms with Crippen molar-refractivity contribution in [1.29, 1.82) is 0 Å². The van der Waals surface area contributed by atoms with Crippen molar-refractivity contribution in [3.8, 4) is 0 Å². The number of hydrogen-bond donors (Lipinski definition) is 1. The first kappa shape index (κ1) is 15.9. The summed E-state index contributed by atoms with van der Waals surface area (Å²) in [6.45, 7) is 8.38. The molecule has 0 amide bonds. The van der Waals surface area contributed by atoms with Crippen molar-refractivity contribution in [2.45, 2.75) is 45.8 Å². The van der Waals surface area contributed by atoms with Gasteiger partial charge in [0.1, 0.15) is 0 Å². The maximum Gasteiger partial charge on any atom is 0.215 e. The lowest BCUT2D eigenvalue weighted by Gasteiger charge is -2.37. The van der Waals surface area contributed by atoms with Crippen LogP contribution in [0.1, 0.15) is 33.6 Å². The van der Waals surface area contributed by atoms with Gasteiger partial charge >= 0.3 is 0 Å². The molecule has 2 unspecified atom stereocenters. The normalized spacial score (nSPS) is 26.4. The molecule has 0 bridgehead atoms. The van der Waals surface area contributed by atoms with Crippen molar-refractivity contribution in [1.82, 2.24) is 9.62 Å². The Bertz CT molecular complexity index is 332. The monoisotopic (exact) mass is 278 g/mol. The summed E-state index contributed by atoms with van der Waals surface area (Å²) in [5, 5.41) is 3.14. The van der Waals surface area contributed by atoms with E-state index >= 15 is 0 Å². The summed E-state index contributed by atoms with van der Waals surface area (Å²) >= 11 is 0. The number of morpholine rings is 1. The molecule has 2 atom stereocenters. The first-order chi connectivity index (χ1) is 8.51. The van der Waals surface area contributed by atoms with Gasteiger partial charge in [0, 0.05) is 19.1 Å². The number of sulfonamides is 1. The van der Waals surface area contributed by atoms with Gasteiger partial charge in [0.25, 0.3) is 0 Å². The maximum atomic E-state index is 12.3. The number of rotatable bonds is 7. The van der Waals surface area contributed by atoms with E-state index in [1.54, 1.807) is 4.31 Å². The second-order valence-corrected chi connectivity index (χ2v) is 6.88. The van der Waals surface area contributed by atoms with Crippen molar-refractivity contribution in [2.75, 3.05) is 32.0 Å². The highest BCUT2D eigenvalue weighted by molar-refractivity contribution is 7.89. The van der Waals surface area contributed by atoms with E-state index in [2.05, 4.69) is 12.2 Å². The number of nitrogens with one attached hydrogen (secondary N) is 1. The topological polar surface area (TPSA) is 58.6 Å². The van der Waals surface area contributed by atoms with Gasteiger partial charge in [-0.25, -0.2) is 8.42 Å². The lowest BCUT2D eigenvalue weighted by molar-refractivity contribution is -0.0230. The summed E-state index contributed by atoms with van der Waals surface area (Å²) in [4.78, 5) is 0. The van der Waals surface area contributed by atoms with Crippen LogP contribution in [-0.2, 0) is 14.8 Å². The third-order valence-electron chi connectivity index (χ3n) is 3.21. The van der Waals surface area contributed by atoms with Crippen LogP contribution in [-0.4, -0.2) is 56.9 Å². The molecule has 1 N–H and O–H groups in total. The van der Waals surface area contributed by atoms with Crippen LogP contribution >= 0.6 is 0 Å². The molecule has 5 nitrogen and oxygen atoms in total. The zero-order valence-electron chi connectivity index (χ0n) is 11.7. The average molecular weight is 278 g/mol. The Morgan fingerprint density at radius 3 is 2.67 bits per heavy atom. The van der Waals surface area contributed by atoms with Gasteiger partial charge in [0.05, 0.1) is 18.5 Å². The molecule has 0 aromatic heterocycles. The van der Waals surface area contributed by atoms with E-state index in [9.17, 15) is 8.42 Å². The maximum absolute atomic E-state index is 12.3. The van der Waals surface area contributed by atoms with E-state index in [0.29, 0.717) is 19.7 Å². The molecule has 0 aromatic rings. The molecule has 0 radical (unpaired) electrons. The van der Waals surface area contributed by atoms with Gasteiger partial charge in [-0.1, -0.05) is 13.8 Å². The van der Waals surface area contributed by atoms with Crippen molar-refractivity contribution in [2.24, 2.45) is 0 Å². The summed E-state index contributed by atoms with van der Waals surface area (Å²) in [5.41, 5.74) is 0. The van der Waals surface area contributed by atoms with E-state index in [0.717, 1.165) is 19.4 Å². The Kier molecular flexibility index (Phi) is 6.55. The van der Waals surface area contributed by atoms with Gasteiger partial charge in [-0.15, -0.1) is 0 Å². The highest BCUT2D eigenvalue weighted by Gasteiger charge is 2.33. The fraction of sp³-hybridized carbons (Fsp3) is 1.00. The highest BCUT2D eigenvalue weighted by atomic mass is 32.2. The van der Waals surface area contributed by atoms with Gasteiger partial charge in [-0.3, -0.25) is 0 Å². The third-order valence-corrected chi connectivity index (χ3v) is 5.09. The number of ether oxygens (including phenoxy) is 1. The van der Waals surface area contributed by atoms with Crippen molar-refractivity contribution >= 4 is 10.0 Å². The first-order valence-electron chi connectivity index (χ1n) is 6.83. The Balaban J connectivity index is 2.57. The molecule has 0 spiro atoms. The van der Waals surface area contributed by atoms with Crippen LogP contribution in [0.15, 0.2) is 0 Å². The molecule has 0 saturated carbocycles. The first-order valence-corrected chi connectivity index (χ1v) is 8.44. The number of hydrogen-bond acceptors (Lipinski definition) is 4. The highest BCUT2D eigenvalue weighted by Crippen LogP contribution is 2.18. The predicted octanol–water partition coefficient (Wildman–Crippen LogP) is 0.815. The lowest BCUT2D eigenvalue weighted by Crippen LogP contribution is -2.52. The quantitative estimate of drug-likeness (QED) is 0.700. The van der Waals surface area contributed by atoms with Crippen LogP contribution in [0.2, 0.25) is 0 Å². The molecule has 18 heavy (non-hydrogen) atoms. The predicted molar refractivity (Wildman–Crippen MR) is 73.1 cm³/mol. The Morgan fingerprint density at radius 1 is 1.33 bits per heavy atom. The standard InChI is InChI=1S/C12H26N2O3S/c1-4-6-13-7-8-18(15,16)14-9-11(3)17-10-12(14)5-2/h11-13H,4-10H2,1-3H3. The van der Waals surface area contributed by atoms with Crippen LogP contribution < -0.4 is 5.32 Å². The fourth-order valence-electron chi connectivity index (χ4n) is 2.10. The van der Waals surface area contributed by atoms with Crippen LogP contribution in [0.4, 0.5) is 0 Å². The SMILES string of the molecule is CCCNCCS(=O)(=O)N1CC(C)OCC1CC. The van der Waals surface area contributed by atoms with Crippen molar-refractivity contribution in [3.63, 3.8) is 0 Å². The Hall–Kier alpha value is -0.170. The summed E-state index contributed by atoms with van der Waals surface area (Å²) in [6, 6.07) is -0.00243. The molecule has 1 aliphatic heterocycles. The van der Waals surface area contributed by atoms with Crippen LogP contribution in [0.25, 0.3) is 0 Å². The van der Waals surface area contributed by atoms with Gasteiger partial charge in [-0.2, -0.15) is 4.31 Å². The van der Waals surface area contributed by atoms with Gasteiger partial charge < -0.3 is 10.1 Å². The summed E-state index contributed by atoms with van der Waals surface area (Å²) in [5.74, 6) is 0.177. The van der Waals surface area contributed by atoms with E-state index < -0.39 is 10.0 Å². The molecular formula is C12H26N2O3S. The van der Waals surface area contributed by atoms with Crippen LogP contribution in [0, 0.1) is 0 Å². The minimum Gasteiger partial charge on any atom is -0.375 e. The lowest BCUT2D eigenvalue weighted by atomic mass is 10.2. The summed E-state index contributed by atoms with van der Waals surface area (Å²) in [6.07, 6.45) is 1.81. The average Bonchev–Trinajstić information content (AvgIpc) is 2.35. The summed E-state index contributed by atoms with van der Waals surface area (Å²) < 4.78 is 31.7. The molecule has 1 aliphatic rings. The second kappa shape index (κ2) is 7.43. The molecule has 1 saturated heterocycles. The van der Waals surface area contributed by atoms with Gasteiger partial charge in [0.2, 0.25) is 10.0 Å². The van der Waals surface area contributed by atoms with Crippen molar-refractivity contribution < 1.29 is 13.2 Å². The molecular weight excluding hydrogens is 252 g/mol. The minimum absolute atomic E-state index is 0.00243. The van der Waals surface area contributed by atoms with Crippen LogP contribution in [0.5, 0.6) is 0 Å². The Morgan fingerprint density at radius 2 is 2.06 bits per heavy atom. The molecule has 1 rings (SSSR count). The van der Waals surface area contributed by atoms with E-state index in [4.69, 9.17) is 4.74 Å². The zero-order chi connectivity index (χ0) is 13.6. The third kappa shape index (κ3) is 4.50. The van der Waals surface area contributed by atoms with E-state index in [-0.39, 0.29) is 17.9 Å². The molecule has 108 valence electrons. The van der Waals surface area contributed by atoms with Gasteiger partial charge in [-0.05, 0) is 26.3 Å². The summed E-state index contributed by atoms with van der Waals surface area (Å²) in [7, 11) is -3.17. The largest absolute Gasteiger partial charge is 0.375 e. The molecule has 6 heteroatoms. The number of nitrogens with zero attached hydrogens (tertiary/aromatic N) is 1. The van der Waals surface area contributed by atoms with Gasteiger partial charge in [0.15, 0.2) is 0 Å². The molecule has 1 heterocycles.